The Balaban J connectivity index is 2.30. The molecule has 0 spiro atoms. The summed E-state index contributed by atoms with van der Waals surface area (Å²) < 4.78 is 6.59. The monoisotopic (exact) mass is 355 g/mol. The van der Waals surface area contributed by atoms with Crippen LogP contribution in [0.3, 0.4) is 0 Å². The summed E-state index contributed by atoms with van der Waals surface area (Å²) in [5.74, 6) is -1.63. The molecule has 2 N–H and O–H groups in total. The number of furan rings is 1. The predicted molar refractivity (Wildman–Crippen MR) is 79.2 cm³/mol. The molecule has 6 nitrogen and oxygen atoms in total. The Morgan fingerprint density at radius 2 is 1.86 bits per heavy atom. The largest absolute Gasteiger partial charge is 0.480 e. The summed E-state index contributed by atoms with van der Waals surface area (Å²) in [7, 11) is 0. The molecule has 0 saturated heterocycles. The molecule has 0 aliphatic rings. The third-order valence-corrected chi connectivity index (χ3v) is 3.63. The van der Waals surface area contributed by atoms with Crippen molar-refractivity contribution >= 4 is 38.8 Å². The molecule has 21 heavy (non-hydrogen) atoms. The quantitative estimate of drug-likeness (QED) is 0.827. The fourth-order valence-corrected chi connectivity index (χ4v) is 2.48. The van der Waals surface area contributed by atoms with Crippen LogP contribution in [-0.2, 0) is 9.59 Å². The van der Waals surface area contributed by atoms with E-state index in [4.69, 9.17) is 14.6 Å². The number of rotatable bonds is 6. The van der Waals surface area contributed by atoms with Crippen molar-refractivity contribution in [3.63, 3.8) is 0 Å². The van der Waals surface area contributed by atoms with Crippen LogP contribution >= 0.6 is 15.9 Å². The molecule has 7 heteroatoms. The lowest BCUT2D eigenvalue weighted by Gasteiger charge is -2.23. The van der Waals surface area contributed by atoms with Gasteiger partial charge in [-0.2, -0.15) is 0 Å². The predicted octanol–water partition coefficient (Wildman–Crippen LogP) is 2.73. The van der Waals surface area contributed by atoms with Crippen LogP contribution in [0, 0.1) is 0 Å². The van der Waals surface area contributed by atoms with Crippen LogP contribution in [0.5, 0.6) is 0 Å². The standard InChI is InChI=1S/C14H14BrNO5/c1-8(16(6-13(17)18)7-14(19)20)12-5-9-4-10(15)2-3-11(9)21-12/h2-5,8H,6-7H2,1H3,(H,17,18)(H,19,20). The Morgan fingerprint density at radius 1 is 1.24 bits per heavy atom. The molecule has 0 aliphatic heterocycles. The maximum absolute atomic E-state index is 10.9. The van der Waals surface area contributed by atoms with Gasteiger partial charge in [0.2, 0.25) is 0 Å². The summed E-state index contributed by atoms with van der Waals surface area (Å²) in [5.41, 5.74) is 0.672. The van der Waals surface area contributed by atoms with Crippen LogP contribution in [0.15, 0.2) is 33.2 Å². The summed E-state index contributed by atoms with van der Waals surface area (Å²) in [6.07, 6.45) is 0. The lowest BCUT2D eigenvalue weighted by molar-refractivity contribution is -0.142. The van der Waals surface area contributed by atoms with E-state index in [1.54, 1.807) is 19.1 Å². The van der Waals surface area contributed by atoms with Crippen molar-refractivity contribution < 1.29 is 24.2 Å². The van der Waals surface area contributed by atoms with E-state index in [0.717, 1.165) is 9.86 Å². The minimum Gasteiger partial charge on any atom is -0.480 e. The average molecular weight is 356 g/mol. The molecule has 1 atom stereocenters. The van der Waals surface area contributed by atoms with Gasteiger partial charge in [0.1, 0.15) is 11.3 Å². The molecule has 2 aromatic rings. The Morgan fingerprint density at radius 3 is 2.43 bits per heavy atom. The van der Waals surface area contributed by atoms with E-state index >= 15 is 0 Å². The van der Waals surface area contributed by atoms with E-state index < -0.39 is 18.0 Å². The van der Waals surface area contributed by atoms with Gasteiger partial charge >= 0.3 is 11.9 Å². The molecule has 1 aromatic heterocycles. The third kappa shape index (κ3) is 3.83. The van der Waals surface area contributed by atoms with E-state index in [1.807, 2.05) is 12.1 Å². The molecule has 0 fully saturated rings. The van der Waals surface area contributed by atoms with Gasteiger partial charge in [0.25, 0.3) is 0 Å². The van der Waals surface area contributed by atoms with Gasteiger partial charge in [-0.25, -0.2) is 0 Å². The van der Waals surface area contributed by atoms with Crippen LogP contribution in [0.2, 0.25) is 0 Å². The van der Waals surface area contributed by atoms with E-state index in [2.05, 4.69) is 15.9 Å². The fraction of sp³-hybridized carbons (Fsp3) is 0.286. The number of hydrogen-bond donors (Lipinski definition) is 2. The summed E-state index contributed by atoms with van der Waals surface area (Å²) in [6, 6.07) is 6.86. The first kappa shape index (κ1) is 15.5. The number of fused-ring (bicyclic) bond motifs is 1. The van der Waals surface area contributed by atoms with Crippen molar-refractivity contribution in [1.82, 2.24) is 4.90 Å². The van der Waals surface area contributed by atoms with Gasteiger partial charge < -0.3 is 14.6 Å². The molecule has 1 heterocycles. The van der Waals surface area contributed by atoms with E-state index in [1.165, 1.54) is 4.90 Å². The second-order valence-corrected chi connectivity index (χ2v) is 5.62. The van der Waals surface area contributed by atoms with Crippen molar-refractivity contribution in [2.45, 2.75) is 13.0 Å². The van der Waals surface area contributed by atoms with Gasteiger partial charge in [0, 0.05) is 9.86 Å². The fourth-order valence-electron chi connectivity index (χ4n) is 2.10. The van der Waals surface area contributed by atoms with Crippen LogP contribution < -0.4 is 0 Å². The van der Waals surface area contributed by atoms with E-state index in [0.29, 0.717) is 11.3 Å². The number of carboxylic acids is 2. The number of hydrogen-bond acceptors (Lipinski definition) is 4. The van der Waals surface area contributed by atoms with Crippen molar-refractivity contribution in [3.05, 3.63) is 34.5 Å². The second kappa shape index (κ2) is 6.28. The number of carboxylic acid groups (broad SMARTS) is 2. The summed E-state index contributed by atoms with van der Waals surface area (Å²) >= 11 is 3.37. The summed E-state index contributed by atoms with van der Waals surface area (Å²) in [4.78, 5) is 23.1. The number of aliphatic carboxylic acids is 2. The maximum atomic E-state index is 10.9. The Bertz CT molecular complexity index is 665. The van der Waals surface area contributed by atoms with Gasteiger partial charge in [0.05, 0.1) is 19.1 Å². The molecule has 112 valence electrons. The minimum atomic E-state index is -1.08. The summed E-state index contributed by atoms with van der Waals surface area (Å²) in [5, 5.41) is 18.7. The summed E-state index contributed by atoms with van der Waals surface area (Å²) in [6.45, 7) is 0.987. The van der Waals surface area contributed by atoms with Crippen LogP contribution in [-0.4, -0.2) is 40.1 Å². The first-order chi connectivity index (χ1) is 9.86. The van der Waals surface area contributed by atoms with Gasteiger partial charge in [-0.15, -0.1) is 0 Å². The third-order valence-electron chi connectivity index (χ3n) is 3.13. The molecule has 0 aliphatic carbocycles. The number of carbonyl (C=O) groups is 2. The van der Waals surface area contributed by atoms with Crippen molar-refractivity contribution in [3.8, 4) is 0 Å². The van der Waals surface area contributed by atoms with Gasteiger partial charge in [-0.3, -0.25) is 14.5 Å². The van der Waals surface area contributed by atoms with E-state index in [9.17, 15) is 9.59 Å². The van der Waals surface area contributed by atoms with Crippen LogP contribution in [0.1, 0.15) is 18.7 Å². The van der Waals surface area contributed by atoms with E-state index in [-0.39, 0.29) is 13.1 Å². The Hall–Kier alpha value is -1.86. The SMILES string of the molecule is CC(c1cc2cc(Br)ccc2o1)N(CC(=O)O)CC(=O)O. The highest BCUT2D eigenvalue weighted by molar-refractivity contribution is 9.10. The highest BCUT2D eigenvalue weighted by atomic mass is 79.9. The zero-order chi connectivity index (χ0) is 15.6. The molecule has 1 aromatic carbocycles. The molecule has 0 bridgehead atoms. The minimum absolute atomic E-state index is 0.367. The van der Waals surface area contributed by atoms with Gasteiger partial charge in [0.15, 0.2) is 0 Å². The maximum Gasteiger partial charge on any atom is 0.317 e. The molecule has 1 unspecified atom stereocenters. The first-order valence-corrected chi connectivity index (χ1v) is 7.02. The first-order valence-electron chi connectivity index (χ1n) is 6.23. The zero-order valence-corrected chi connectivity index (χ0v) is 12.8. The lowest BCUT2D eigenvalue weighted by atomic mass is 10.2. The molecular formula is C14H14BrNO5. The normalized spacial score (nSPS) is 12.7. The van der Waals surface area contributed by atoms with Gasteiger partial charge in [-0.1, -0.05) is 15.9 Å². The number of nitrogens with zero attached hydrogens (tertiary/aromatic N) is 1. The topological polar surface area (TPSA) is 91.0 Å². The molecule has 0 saturated carbocycles. The van der Waals surface area contributed by atoms with Crippen molar-refractivity contribution in [2.75, 3.05) is 13.1 Å². The second-order valence-electron chi connectivity index (χ2n) is 4.70. The Labute approximate surface area is 129 Å². The average Bonchev–Trinajstić information content (AvgIpc) is 2.78. The van der Waals surface area contributed by atoms with Crippen molar-refractivity contribution in [1.29, 1.82) is 0 Å². The molecule has 0 amide bonds. The number of halogens is 1. The zero-order valence-electron chi connectivity index (χ0n) is 11.2. The lowest BCUT2D eigenvalue weighted by Crippen LogP contribution is -2.36. The van der Waals surface area contributed by atoms with Crippen molar-refractivity contribution in [2.24, 2.45) is 0 Å². The molecular weight excluding hydrogens is 342 g/mol. The molecule has 0 radical (unpaired) electrons. The highest BCUT2D eigenvalue weighted by Crippen LogP contribution is 2.29. The molecule has 2 rings (SSSR count). The number of benzene rings is 1. The van der Waals surface area contributed by atoms with Crippen LogP contribution in [0.4, 0.5) is 0 Å². The van der Waals surface area contributed by atoms with Crippen LogP contribution in [0.25, 0.3) is 11.0 Å². The Kier molecular flexibility index (Phi) is 4.64. The smallest absolute Gasteiger partial charge is 0.317 e. The van der Waals surface area contributed by atoms with Gasteiger partial charge in [-0.05, 0) is 31.2 Å². The highest BCUT2D eigenvalue weighted by Gasteiger charge is 2.23.